The van der Waals surface area contributed by atoms with Gasteiger partial charge < -0.3 is 106 Å². The summed E-state index contributed by atoms with van der Waals surface area (Å²) in [5.74, 6) is -5.64. The van der Waals surface area contributed by atoms with E-state index in [0.29, 0.717) is 141 Å². The van der Waals surface area contributed by atoms with Crippen LogP contribution in [-0.2, 0) is 107 Å². The summed E-state index contributed by atoms with van der Waals surface area (Å²) < 4.78 is 53.3. The van der Waals surface area contributed by atoms with E-state index in [0.717, 1.165) is 37.1 Å². The monoisotopic (exact) mass is 1720 g/mol. The number of methoxy groups -OCH3 is 2. The molecule has 0 saturated carbocycles. The average Bonchev–Trinajstić information content (AvgIpc) is 1.62. The summed E-state index contributed by atoms with van der Waals surface area (Å²) in [6.07, 6.45) is 3.94. The lowest BCUT2D eigenvalue weighted by molar-refractivity contribution is -0.148. The number of aliphatic hydroxyl groups excluding tert-OH is 2. The number of hydrogen-bond acceptors (Lipinski definition) is 24. The number of Topliss-reactive ketones (excluding diaryl/α,β-unsaturated/α-hetero) is 1. The zero-order chi connectivity index (χ0) is 89.8. The number of amides is 10. The SMILES string of the molecule is CC[C@H](C)[C@@H]([C@@H](CC(=O)N1CCC[C@H]1[C@H](OC)[C@@H](C)C(=O)N[C@H](C)[C@@H](O)c1ccccc1)OC)N(C)C(=O)[C@@H](NC(=O)[C@H](C(C)C)N(C)C(=O)OCc1ccc(CC(=O)[C@H](CCCNC(N)=O)NC(=O)[C@@H](NC(=O)[C@H](N)CCCCNC(=O)COC2CCCCCc3c2nnn3CCOCCOCCOCCOCCOCCO)C(C)C)cc1)C(C)C. The molecule has 1 aliphatic heterocycles. The van der Waals surface area contributed by atoms with Crippen LogP contribution in [0.15, 0.2) is 54.6 Å². The Morgan fingerprint density at radius 1 is 0.639 bits per heavy atom. The van der Waals surface area contributed by atoms with Gasteiger partial charge >= 0.3 is 12.1 Å². The second-order valence-electron chi connectivity index (χ2n) is 32.8. The third kappa shape index (κ3) is 35.0. The van der Waals surface area contributed by atoms with E-state index < -0.39 is 132 Å². The number of benzene rings is 2. The number of aliphatic hydroxyl groups is 2. The van der Waals surface area contributed by atoms with Crippen LogP contribution in [-0.4, -0.2) is 287 Å². The summed E-state index contributed by atoms with van der Waals surface area (Å²) in [7, 11) is 6.10. The van der Waals surface area contributed by atoms with E-state index in [-0.39, 0.29) is 87.9 Å². The van der Waals surface area contributed by atoms with Crippen molar-refractivity contribution in [1.82, 2.24) is 61.6 Å². The summed E-state index contributed by atoms with van der Waals surface area (Å²) in [4.78, 5) is 143. The van der Waals surface area contributed by atoms with Gasteiger partial charge in [-0.15, -0.1) is 5.10 Å². The van der Waals surface area contributed by atoms with Crippen LogP contribution in [0.4, 0.5) is 9.59 Å². The number of nitrogens with two attached hydrogens (primary N) is 2. The van der Waals surface area contributed by atoms with E-state index >= 15 is 0 Å². The quantitative estimate of drug-likeness (QED) is 0.0335. The Morgan fingerprint density at radius 2 is 1.25 bits per heavy atom. The van der Waals surface area contributed by atoms with Gasteiger partial charge in [-0.05, 0) is 111 Å². The van der Waals surface area contributed by atoms with Gasteiger partial charge in [0.05, 0.1) is 146 Å². The lowest BCUT2D eigenvalue weighted by Crippen LogP contribution is -2.60. The molecule has 122 heavy (non-hydrogen) atoms. The molecule has 5 rings (SSSR count). The van der Waals surface area contributed by atoms with E-state index in [9.17, 15) is 53.1 Å². The number of ketones is 1. The lowest BCUT2D eigenvalue weighted by Gasteiger charge is -2.41. The molecule has 3 aromatic rings. The van der Waals surface area contributed by atoms with Crippen LogP contribution in [0.1, 0.15) is 193 Å². The van der Waals surface area contributed by atoms with Crippen molar-refractivity contribution < 1.29 is 101 Å². The van der Waals surface area contributed by atoms with Crippen LogP contribution in [0.3, 0.4) is 0 Å². The molecular formula is C87H144N14O21. The number of hydrogen-bond donors (Lipinski definition) is 10. The fraction of sp³-hybridized carbons (Fsp3) is 0.724. The van der Waals surface area contributed by atoms with E-state index in [1.807, 2.05) is 36.7 Å². The van der Waals surface area contributed by atoms with Crippen molar-refractivity contribution in [3.05, 3.63) is 82.7 Å². The van der Waals surface area contributed by atoms with Gasteiger partial charge in [0, 0.05) is 54.4 Å². The molecule has 2 aliphatic rings. The van der Waals surface area contributed by atoms with Crippen molar-refractivity contribution >= 4 is 59.3 Å². The molecule has 35 nitrogen and oxygen atoms in total. The Morgan fingerprint density at radius 3 is 1.85 bits per heavy atom. The first-order chi connectivity index (χ1) is 58.4. The van der Waals surface area contributed by atoms with E-state index in [2.05, 4.69) is 42.2 Å². The number of carbonyl (C=O) groups is 10. The van der Waals surface area contributed by atoms with Gasteiger partial charge in [0.25, 0.3) is 0 Å². The molecular weight excluding hydrogens is 1580 g/mol. The van der Waals surface area contributed by atoms with Crippen molar-refractivity contribution in [3.63, 3.8) is 0 Å². The Balaban J connectivity index is 1.08. The van der Waals surface area contributed by atoms with Crippen molar-refractivity contribution in [3.8, 4) is 0 Å². The minimum Gasteiger partial charge on any atom is -0.445 e. The predicted molar refractivity (Wildman–Crippen MR) is 456 cm³/mol. The Bertz CT molecular complexity index is 3620. The van der Waals surface area contributed by atoms with Gasteiger partial charge in [-0.25, -0.2) is 14.3 Å². The minimum atomic E-state index is -1.09. The molecule has 1 fully saturated rings. The maximum absolute atomic E-state index is 14.9. The predicted octanol–water partition coefficient (Wildman–Crippen LogP) is 4.92. The van der Waals surface area contributed by atoms with Crippen molar-refractivity contribution in [1.29, 1.82) is 0 Å². The fourth-order valence-corrected chi connectivity index (χ4v) is 15.3. The third-order valence-electron chi connectivity index (χ3n) is 22.5. The Kier molecular flexibility index (Phi) is 48.2. The molecule has 1 aliphatic carbocycles. The molecule has 1 saturated heterocycles. The Hall–Kier alpha value is -8.36. The highest BCUT2D eigenvalue weighted by atomic mass is 16.6. The van der Waals surface area contributed by atoms with E-state index in [1.54, 1.807) is 109 Å². The second-order valence-corrected chi connectivity index (χ2v) is 32.8. The summed E-state index contributed by atoms with van der Waals surface area (Å²) in [6.45, 7) is 23.1. The second kappa shape index (κ2) is 56.5. The molecule has 2 heterocycles. The smallest absolute Gasteiger partial charge is 0.410 e. The molecule has 10 amide bonds. The number of primary amides is 1. The molecule has 35 heteroatoms. The molecule has 2 aromatic carbocycles. The highest BCUT2D eigenvalue weighted by Gasteiger charge is 2.45. The topological polar surface area (TPSA) is 459 Å². The number of urea groups is 1. The van der Waals surface area contributed by atoms with Crippen LogP contribution in [0.5, 0.6) is 0 Å². The van der Waals surface area contributed by atoms with Crippen LogP contribution in [0, 0.1) is 29.6 Å². The fourth-order valence-electron chi connectivity index (χ4n) is 15.3. The number of likely N-dealkylation sites (tertiary alicyclic amines) is 1. The zero-order valence-corrected chi connectivity index (χ0v) is 74.6. The zero-order valence-electron chi connectivity index (χ0n) is 74.6. The third-order valence-corrected chi connectivity index (χ3v) is 22.5. The number of fused-ring (bicyclic) bond motifs is 1. The van der Waals surface area contributed by atoms with Crippen molar-refractivity contribution in [2.75, 3.05) is 127 Å². The highest BCUT2D eigenvalue weighted by Crippen LogP contribution is 2.32. The molecule has 14 atom stereocenters. The molecule has 688 valence electrons. The van der Waals surface area contributed by atoms with E-state index in [4.69, 9.17) is 59.2 Å². The molecule has 12 N–H and O–H groups in total. The van der Waals surface area contributed by atoms with Crippen molar-refractivity contribution in [2.24, 2.45) is 41.1 Å². The number of ether oxygens (including phenoxy) is 9. The summed E-state index contributed by atoms with van der Waals surface area (Å²) in [6, 6.07) is 8.03. The normalized spacial score (nSPS) is 17.2. The molecule has 0 radical (unpaired) electrons. The minimum absolute atomic E-state index is 0.0173. The molecule has 1 aromatic heterocycles. The first kappa shape index (κ1) is 104. The van der Waals surface area contributed by atoms with Crippen LogP contribution >= 0.6 is 0 Å². The van der Waals surface area contributed by atoms with Gasteiger partial charge in [-0.3, -0.25) is 43.3 Å². The lowest BCUT2D eigenvalue weighted by atomic mass is 9.89. The Labute approximate surface area is 720 Å². The molecule has 0 spiro atoms. The molecule has 1 unspecified atom stereocenters. The maximum Gasteiger partial charge on any atom is 0.410 e. The van der Waals surface area contributed by atoms with Crippen LogP contribution in [0.2, 0.25) is 0 Å². The summed E-state index contributed by atoms with van der Waals surface area (Å²) >= 11 is 0. The number of nitrogens with one attached hydrogen (secondary N) is 6. The number of unbranched alkanes of at least 4 members (excludes halogenated alkanes) is 1. The summed E-state index contributed by atoms with van der Waals surface area (Å²) in [5, 5.41) is 45.5. The van der Waals surface area contributed by atoms with Gasteiger partial charge in [-0.2, -0.15) is 0 Å². The summed E-state index contributed by atoms with van der Waals surface area (Å²) in [5.41, 5.74) is 15.2. The molecule has 0 bridgehead atoms. The number of likely N-dealkylation sites (N-methyl/N-ethyl adjacent to an activating group) is 2. The average molecular weight is 1720 g/mol. The van der Waals surface area contributed by atoms with Crippen molar-refractivity contribution in [2.45, 2.75) is 251 Å². The number of aromatic nitrogens is 3. The number of rotatable bonds is 59. The van der Waals surface area contributed by atoms with Crippen LogP contribution < -0.4 is 43.4 Å². The standard InChI is InChI=1S/C87H144N14O21/c1-15-59(8)78(71(114-13)53-73(105)100-39-25-31-68(100)80(115-14)60(9)81(107)92-61(10)79(106)64-26-18-16-19-27-64)98(11)85(111)75(57(4)5)95-84(110)77(58(6)7)99(12)87(113)122-54-63-35-33-62(34-36-63)52-69(103)66(29-24-38-91-86(89)112)93-83(109)74(56(2)3)94-82(108)65(88)28-22-23-37-90-72(104)55-121-70-32-21-17-20-30-67-76(70)96-97-101(67)40-42-116-44-46-118-48-50-120-51-49-119-47-45-117-43-41-102/h16,18-19,26-27,33-36,56-61,65-66,68,70-71,74-75,77-80,102,106H,15,17,20-25,28-32,37-55,88H2,1-14H3,(H,90,104)(H,92,107)(H,93,109)(H,94,108)(H,95,110)(H3,89,91,112)/t59-,60+,61+,65+,66-,68-,70?,71+,74-,75-,77-,78-,79+,80+/m0/s1. The van der Waals surface area contributed by atoms with Gasteiger partial charge in [0.15, 0.2) is 5.78 Å². The van der Waals surface area contributed by atoms with Gasteiger partial charge in [0.1, 0.15) is 43.1 Å². The van der Waals surface area contributed by atoms with Gasteiger partial charge in [0.2, 0.25) is 41.4 Å². The number of nitrogens with zero attached hydrogens (tertiary/aromatic N) is 6. The van der Waals surface area contributed by atoms with Crippen LogP contribution in [0.25, 0.3) is 0 Å². The largest absolute Gasteiger partial charge is 0.445 e. The first-order valence-electron chi connectivity index (χ1n) is 43.5. The van der Waals surface area contributed by atoms with Gasteiger partial charge in [-0.1, -0.05) is 141 Å². The highest BCUT2D eigenvalue weighted by molar-refractivity contribution is 5.95. The first-order valence-corrected chi connectivity index (χ1v) is 43.5. The maximum atomic E-state index is 14.9. The van der Waals surface area contributed by atoms with E-state index in [1.165, 1.54) is 26.2 Å². The number of carbonyl (C=O) groups excluding carboxylic acids is 10.